The molecule has 25 heavy (non-hydrogen) atoms. The van der Waals surface area contributed by atoms with Crippen LogP contribution in [0.4, 0.5) is 5.95 Å². The summed E-state index contributed by atoms with van der Waals surface area (Å²) in [5.74, 6) is -0.125. The highest BCUT2D eigenvalue weighted by Gasteiger charge is 2.28. The Morgan fingerprint density at radius 1 is 1.12 bits per heavy atom. The summed E-state index contributed by atoms with van der Waals surface area (Å²) in [5, 5.41) is 11.0. The Morgan fingerprint density at radius 3 is 2.36 bits per heavy atom. The summed E-state index contributed by atoms with van der Waals surface area (Å²) in [6.07, 6.45) is 0. The van der Waals surface area contributed by atoms with Crippen LogP contribution < -0.4 is 5.73 Å². The third-order valence-electron chi connectivity index (χ3n) is 4.23. The number of nitrogens with two attached hydrogens (primary N) is 1. The second-order valence-corrected chi connectivity index (χ2v) is 8.16. The predicted octanol–water partition coefficient (Wildman–Crippen LogP) is 1.53. The number of hydrogen-bond acceptors (Lipinski definition) is 5. The highest BCUT2D eigenvalue weighted by molar-refractivity contribution is 7.87. The Balaban J connectivity index is 2.25. The maximum Gasteiger partial charge on any atom is 0.310 e. The first-order chi connectivity index (χ1) is 11.7. The van der Waals surface area contributed by atoms with E-state index in [2.05, 4.69) is 4.98 Å². The van der Waals surface area contributed by atoms with E-state index >= 15 is 0 Å². The van der Waals surface area contributed by atoms with Crippen molar-refractivity contribution in [3.63, 3.8) is 0 Å². The van der Waals surface area contributed by atoms with Crippen LogP contribution >= 0.6 is 0 Å². The van der Waals surface area contributed by atoms with Crippen LogP contribution in [-0.4, -0.2) is 40.9 Å². The molecular weight excluding hydrogens is 340 g/mol. The first-order valence-corrected chi connectivity index (χ1v) is 9.05. The molecule has 1 unspecified atom stereocenters. The van der Waals surface area contributed by atoms with E-state index in [9.17, 15) is 13.5 Å². The number of nitrogen functional groups attached to an aromatic ring is 1. The summed E-state index contributed by atoms with van der Waals surface area (Å²) in [6.45, 7) is 1.66. The lowest BCUT2D eigenvalue weighted by atomic mass is 9.88. The highest BCUT2D eigenvalue weighted by atomic mass is 32.2. The fourth-order valence-electron chi connectivity index (χ4n) is 2.71. The van der Waals surface area contributed by atoms with Gasteiger partial charge in [0.2, 0.25) is 5.95 Å². The highest BCUT2D eigenvalue weighted by Crippen LogP contribution is 2.32. The van der Waals surface area contributed by atoms with E-state index < -0.39 is 15.8 Å². The van der Waals surface area contributed by atoms with Gasteiger partial charge in [-0.2, -0.15) is 16.7 Å². The molecular formula is C17H20N4O3S. The number of aromatic nitrogens is 2. The van der Waals surface area contributed by atoms with E-state index in [0.717, 1.165) is 8.28 Å². The van der Waals surface area contributed by atoms with Gasteiger partial charge in [0.15, 0.2) is 0 Å². The van der Waals surface area contributed by atoms with Gasteiger partial charge < -0.3 is 10.8 Å². The zero-order valence-electron chi connectivity index (χ0n) is 14.2. The Labute approximate surface area is 146 Å². The molecule has 2 aromatic carbocycles. The van der Waals surface area contributed by atoms with Gasteiger partial charge in [-0.05, 0) is 30.2 Å². The van der Waals surface area contributed by atoms with Gasteiger partial charge in [-0.1, -0.05) is 36.4 Å². The molecule has 8 heteroatoms. The van der Waals surface area contributed by atoms with Crippen molar-refractivity contribution in [1.82, 2.24) is 13.3 Å². The minimum atomic E-state index is -3.84. The maximum atomic E-state index is 12.6. The van der Waals surface area contributed by atoms with E-state index in [1.54, 1.807) is 25.1 Å². The topological polar surface area (TPSA) is 101 Å². The van der Waals surface area contributed by atoms with E-state index in [1.807, 2.05) is 30.3 Å². The number of hydrogen-bond donors (Lipinski definition) is 2. The van der Waals surface area contributed by atoms with Crippen LogP contribution in [-0.2, 0) is 15.8 Å². The summed E-state index contributed by atoms with van der Waals surface area (Å²) in [4.78, 5) is 4.11. The van der Waals surface area contributed by atoms with Crippen LogP contribution in [0.15, 0.2) is 48.5 Å². The molecule has 0 radical (unpaired) electrons. The third kappa shape index (κ3) is 2.78. The molecule has 0 aliphatic carbocycles. The lowest BCUT2D eigenvalue weighted by Crippen LogP contribution is -2.30. The zero-order chi connectivity index (χ0) is 18.4. The molecule has 0 bridgehead atoms. The lowest BCUT2D eigenvalue weighted by molar-refractivity contribution is 0.102. The fourth-order valence-corrected chi connectivity index (χ4v) is 3.71. The van der Waals surface area contributed by atoms with E-state index in [1.165, 1.54) is 14.1 Å². The van der Waals surface area contributed by atoms with Crippen molar-refractivity contribution in [3.8, 4) is 0 Å². The molecule has 0 fully saturated rings. The van der Waals surface area contributed by atoms with Crippen molar-refractivity contribution in [1.29, 1.82) is 0 Å². The van der Waals surface area contributed by atoms with Crippen molar-refractivity contribution in [2.45, 2.75) is 12.5 Å². The first-order valence-electron chi connectivity index (χ1n) is 7.65. The number of fused-ring (bicyclic) bond motifs is 1. The average molecular weight is 360 g/mol. The van der Waals surface area contributed by atoms with Crippen molar-refractivity contribution in [2.24, 2.45) is 0 Å². The van der Waals surface area contributed by atoms with Gasteiger partial charge in [0, 0.05) is 14.1 Å². The van der Waals surface area contributed by atoms with Crippen LogP contribution in [0.1, 0.15) is 18.1 Å². The molecule has 3 rings (SSSR count). The third-order valence-corrected chi connectivity index (χ3v) is 6.00. The van der Waals surface area contributed by atoms with Gasteiger partial charge in [0.25, 0.3) is 0 Å². The Morgan fingerprint density at radius 2 is 1.76 bits per heavy atom. The molecule has 1 atom stereocenters. The zero-order valence-corrected chi connectivity index (χ0v) is 15.0. The predicted molar refractivity (Wildman–Crippen MR) is 97.3 cm³/mol. The van der Waals surface area contributed by atoms with Gasteiger partial charge >= 0.3 is 10.2 Å². The van der Waals surface area contributed by atoms with Crippen LogP contribution in [0.2, 0.25) is 0 Å². The minimum Gasteiger partial charge on any atom is -0.381 e. The van der Waals surface area contributed by atoms with E-state index in [4.69, 9.17) is 5.73 Å². The molecule has 3 N–H and O–H groups in total. The van der Waals surface area contributed by atoms with Gasteiger partial charge in [-0.15, -0.1) is 0 Å². The smallest absolute Gasteiger partial charge is 0.310 e. The summed E-state index contributed by atoms with van der Waals surface area (Å²) in [6, 6.07) is 14.1. The number of aliphatic hydroxyl groups is 1. The molecule has 1 aromatic heterocycles. The average Bonchev–Trinajstić information content (AvgIpc) is 2.90. The fraction of sp³-hybridized carbons (Fsp3) is 0.235. The number of rotatable bonds is 4. The molecule has 7 nitrogen and oxygen atoms in total. The maximum absolute atomic E-state index is 12.6. The van der Waals surface area contributed by atoms with Crippen molar-refractivity contribution in [3.05, 3.63) is 59.7 Å². The Kier molecular flexibility index (Phi) is 4.06. The normalized spacial score (nSPS) is 14.8. The monoisotopic (exact) mass is 360 g/mol. The minimum absolute atomic E-state index is 0.125. The molecule has 0 aliphatic rings. The number of nitrogens with zero attached hydrogens (tertiary/aromatic N) is 3. The van der Waals surface area contributed by atoms with Crippen LogP contribution in [0.5, 0.6) is 0 Å². The molecule has 132 valence electrons. The second-order valence-electron chi connectivity index (χ2n) is 6.17. The number of anilines is 1. The molecule has 1 heterocycles. The van der Waals surface area contributed by atoms with Crippen LogP contribution in [0.25, 0.3) is 11.0 Å². The quantitative estimate of drug-likeness (QED) is 0.735. The lowest BCUT2D eigenvalue weighted by Gasteiger charge is -2.24. The molecule has 0 saturated carbocycles. The van der Waals surface area contributed by atoms with Crippen molar-refractivity contribution >= 4 is 27.2 Å². The molecule has 0 amide bonds. The SMILES string of the molecule is CN(C)S(=O)(=O)n1c(N)nc2ccc(C(C)(O)c3ccccc3)cc21. The summed E-state index contributed by atoms with van der Waals surface area (Å²) in [7, 11) is -0.994. The van der Waals surface area contributed by atoms with Crippen LogP contribution in [0.3, 0.4) is 0 Å². The van der Waals surface area contributed by atoms with Gasteiger partial charge in [0.05, 0.1) is 11.0 Å². The van der Waals surface area contributed by atoms with E-state index in [0.29, 0.717) is 22.2 Å². The van der Waals surface area contributed by atoms with Gasteiger partial charge in [0.1, 0.15) is 5.60 Å². The first kappa shape index (κ1) is 17.4. The largest absolute Gasteiger partial charge is 0.381 e. The number of imidazole rings is 1. The molecule has 3 aromatic rings. The summed E-state index contributed by atoms with van der Waals surface area (Å²) < 4.78 is 27.2. The standard InChI is InChI=1S/C17H20N4O3S/c1-17(22,12-7-5-4-6-8-12)13-9-10-14-15(11-13)21(16(18)19-14)25(23,24)20(2)3/h4-11,22H,1-3H3,(H2,18,19). The van der Waals surface area contributed by atoms with Crippen molar-refractivity contribution in [2.75, 3.05) is 19.8 Å². The van der Waals surface area contributed by atoms with Crippen molar-refractivity contribution < 1.29 is 13.5 Å². The molecule has 0 aliphatic heterocycles. The summed E-state index contributed by atoms with van der Waals surface area (Å²) in [5.41, 5.74) is 6.54. The second kappa shape index (κ2) is 5.83. The van der Waals surface area contributed by atoms with E-state index in [-0.39, 0.29) is 5.95 Å². The van der Waals surface area contributed by atoms with Gasteiger partial charge in [-0.3, -0.25) is 0 Å². The molecule has 0 spiro atoms. The van der Waals surface area contributed by atoms with Crippen LogP contribution in [0, 0.1) is 0 Å². The number of benzene rings is 2. The Bertz CT molecular complexity index is 1020. The Hall–Kier alpha value is -2.42. The summed E-state index contributed by atoms with van der Waals surface area (Å²) >= 11 is 0. The van der Waals surface area contributed by atoms with Gasteiger partial charge in [-0.25, -0.2) is 4.98 Å². The molecule has 0 saturated heterocycles.